The number of para-hydroxylation sites is 1. The van der Waals surface area contributed by atoms with Gasteiger partial charge in [0, 0.05) is 23.9 Å². The van der Waals surface area contributed by atoms with Crippen LogP contribution in [0.5, 0.6) is 0 Å². The van der Waals surface area contributed by atoms with Crippen molar-refractivity contribution < 1.29 is 9.90 Å². The quantitative estimate of drug-likeness (QED) is 0.759. The number of carbonyl (C=O) groups is 1. The summed E-state index contributed by atoms with van der Waals surface area (Å²) in [5.74, 6) is -0.406. The first kappa shape index (κ1) is 15.0. The van der Waals surface area contributed by atoms with Gasteiger partial charge in [0.25, 0.3) is 0 Å². The van der Waals surface area contributed by atoms with Crippen LogP contribution in [0.1, 0.15) is 5.56 Å². The Morgan fingerprint density at radius 3 is 2.35 bits per heavy atom. The van der Waals surface area contributed by atoms with Gasteiger partial charge in [-0.15, -0.1) is 0 Å². The second-order valence-electron chi connectivity index (χ2n) is 5.08. The molecular weight excluding hydrogens is 290 g/mol. The van der Waals surface area contributed by atoms with Crippen molar-refractivity contribution in [3.63, 3.8) is 0 Å². The molecular formula is C18H17N3O2. The molecule has 0 unspecified atom stereocenters. The number of hydrogen-bond acceptors (Lipinski definition) is 3. The Morgan fingerprint density at radius 1 is 1.04 bits per heavy atom. The SMILES string of the molecule is O=C(CO)NCc1cn(-c2ccccc2)nc1-c1ccccc1. The van der Waals surface area contributed by atoms with Crippen molar-refractivity contribution in [1.29, 1.82) is 0 Å². The van der Waals surface area contributed by atoms with Gasteiger partial charge >= 0.3 is 0 Å². The van der Waals surface area contributed by atoms with Gasteiger partial charge in [0.05, 0.1) is 11.4 Å². The molecule has 0 saturated carbocycles. The molecule has 0 bridgehead atoms. The maximum atomic E-state index is 11.3. The lowest BCUT2D eigenvalue weighted by atomic mass is 10.1. The summed E-state index contributed by atoms with van der Waals surface area (Å²) in [5.41, 5.74) is 3.63. The van der Waals surface area contributed by atoms with E-state index in [1.165, 1.54) is 0 Å². The average Bonchev–Trinajstić information content (AvgIpc) is 3.05. The van der Waals surface area contributed by atoms with E-state index in [2.05, 4.69) is 10.4 Å². The number of nitrogens with zero attached hydrogens (tertiary/aromatic N) is 2. The van der Waals surface area contributed by atoms with Gasteiger partial charge in [0.15, 0.2) is 0 Å². The first-order valence-corrected chi connectivity index (χ1v) is 7.35. The smallest absolute Gasteiger partial charge is 0.245 e. The third-order valence-electron chi connectivity index (χ3n) is 3.48. The zero-order valence-corrected chi connectivity index (χ0v) is 12.5. The number of amides is 1. The molecule has 23 heavy (non-hydrogen) atoms. The number of rotatable bonds is 5. The summed E-state index contributed by atoms with van der Waals surface area (Å²) in [7, 11) is 0. The van der Waals surface area contributed by atoms with Gasteiger partial charge in [-0.25, -0.2) is 4.68 Å². The van der Waals surface area contributed by atoms with Gasteiger partial charge in [-0.2, -0.15) is 5.10 Å². The summed E-state index contributed by atoms with van der Waals surface area (Å²) in [4.78, 5) is 11.3. The highest BCUT2D eigenvalue weighted by molar-refractivity contribution is 5.77. The van der Waals surface area contributed by atoms with Gasteiger partial charge in [0.1, 0.15) is 6.61 Å². The van der Waals surface area contributed by atoms with E-state index in [0.717, 1.165) is 22.5 Å². The molecule has 0 aliphatic carbocycles. The van der Waals surface area contributed by atoms with E-state index >= 15 is 0 Å². The number of aliphatic hydroxyl groups excluding tert-OH is 1. The fourth-order valence-corrected chi connectivity index (χ4v) is 2.34. The van der Waals surface area contributed by atoms with Gasteiger partial charge in [-0.3, -0.25) is 4.79 Å². The Kier molecular flexibility index (Phi) is 4.49. The van der Waals surface area contributed by atoms with E-state index in [9.17, 15) is 4.79 Å². The Labute approximate surface area is 134 Å². The third kappa shape index (κ3) is 3.46. The van der Waals surface area contributed by atoms with Gasteiger partial charge in [-0.1, -0.05) is 48.5 Å². The molecule has 0 saturated heterocycles. The summed E-state index contributed by atoms with van der Waals surface area (Å²) in [6, 6.07) is 19.6. The normalized spacial score (nSPS) is 10.5. The van der Waals surface area contributed by atoms with Crippen LogP contribution in [-0.4, -0.2) is 27.4 Å². The molecule has 0 fully saturated rings. The number of carbonyl (C=O) groups excluding carboxylic acids is 1. The fraction of sp³-hybridized carbons (Fsp3) is 0.111. The zero-order chi connectivity index (χ0) is 16.1. The molecule has 3 rings (SSSR count). The predicted octanol–water partition coefficient (Wildman–Crippen LogP) is 2.15. The van der Waals surface area contributed by atoms with Crippen molar-refractivity contribution in [3.8, 4) is 16.9 Å². The van der Waals surface area contributed by atoms with Crippen molar-refractivity contribution in [2.75, 3.05) is 6.61 Å². The Morgan fingerprint density at radius 2 is 1.70 bits per heavy atom. The molecule has 2 aromatic carbocycles. The standard InChI is InChI=1S/C18H17N3O2/c22-13-17(23)19-11-15-12-21(16-9-5-2-6-10-16)20-18(15)14-7-3-1-4-8-14/h1-10,12,22H,11,13H2,(H,19,23). The lowest BCUT2D eigenvalue weighted by molar-refractivity contribution is -0.123. The Bertz CT molecular complexity index is 783. The zero-order valence-electron chi connectivity index (χ0n) is 12.5. The monoisotopic (exact) mass is 307 g/mol. The van der Waals surface area contributed by atoms with Crippen molar-refractivity contribution in [2.24, 2.45) is 0 Å². The molecule has 0 aliphatic rings. The average molecular weight is 307 g/mol. The van der Waals surface area contributed by atoms with E-state index in [1.54, 1.807) is 4.68 Å². The van der Waals surface area contributed by atoms with Crippen LogP contribution in [0.4, 0.5) is 0 Å². The number of aliphatic hydroxyl groups is 1. The van der Waals surface area contributed by atoms with Gasteiger partial charge in [0.2, 0.25) is 5.91 Å². The topological polar surface area (TPSA) is 67.2 Å². The number of aromatic nitrogens is 2. The number of nitrogens with one attached hydrogen (secondary N) is 1. The van der Waals surface area contributed by atoms with E-state index in [0.29, 0.717) is 6.54 Å². The molecule has 1 heterocycles. The minimum Gasteiger partial charge on any atom is -0.387 e. The van der Waals surface area contributed by atoms with Crippen molar-refractivity contribution in [1.82, 2.24) is 15.1 Å². The highest BCUT2D eigenvalue weighted by Gasteiger charge is 2.12. The van der Waals surface area contributed by atoms with Crippen LogP contribution in [0.15, 0.2) is 66.9 Å². The fourth-order valence-electron chi connectivity index (χ4n) is 2.34. The molecule has 5 nitrogen and oxygen atoms in total. The number of hydrogen-bond donors (Lipinski definition) is 2. The second-order valence-corrected chi connectivity index (χ2v) is 5.08. The van der Waals surface area contributed by atoms with Crippen LogP contribution in [0.25, 0.3) is 16.9 Å². The molecule has 0 spiro atoms. The Balaban J connectivity index is 1.98. The molecule has 1 amide bonds. The first-order valence-electron chi connectivity index (χ1n) is 7.35. The molecule has 0 aliphatic heterocycles. The maximum absolute atomic E-state index is 11.3. The van der Waals surface area contributed by atoms with Gasteiger partial charge < -0.3 is 10.4 Å². The molecule has 0 atom stereocenters. The summed E-state index contributed by atoms with van der Waals surface area (Å²) in [6.45, 7) is -0.204. The highest BCUT2D eigenvalue weighted by Crippen LogP contribution is 2.23. The van der Waals surface area contributed by atoms with Crippen molar-refractivity contribution >= 4 is 5.91 Å². The van der Waals surface area contributed by atoms with Crippen LogP contribution in [-0.2, 0) is 11.3 Å². The van der Waals surface area contributed by atoms with Crippen LogP contribution in [0.2, 0.25) is 0 Å². The van der Waals surface area contributed by atoms with Crippen LogP contribution >= 0.6 is 0 Å². The highest BCUT2D eigenvalue weighted by atomic mass is 16.3. The van der Waals surface area contributed by atoms with Crippen LogP contribution < -0.4 is 5.32 Å². The molecule has 116 valence electrons. The van der Waals surface area contributed by atoms with E-state index in [1.807, 2.05) is 66.9 Å². The molecule has 3 aromatic rings. The van der Waals surface area contributed by atoms with E-state index < -0.39 is 12.5 Å². The maximum Gasteiger partial charge on any atom is 0.245 e. The van der Waals surface area contributed by atoms with Crippen LogP contribution in [0.3, 0.4) is 0 Å². The summed E-state index contributed by atoms with van der Waals surface area (Å²) < 4.78 is 1.79. The van der Waals surface area contributed by atoms with E-state index in [4.69, 9.17) is 5.11 Å². The summed E-state index contributed by atoms with van der Waals surface area (Å²) in [6.07, 6.45) is 1.90. The second kappa shape index (κ2) is 6.89. The number of benzene rings is 2. The lowest BCUT2D eigenvalue weighted by Crippen LogP contribution is -2.25. The minimum atomic E-state index is -0.520. The lowest BCUT2D eigenvalue weighted by Gasteiger charge is -2.03. The van der Waals surface area contributed by atoms with Gasteiger partial charge in [-0.05, 0) is 12.1 Å². The van der Waals surface area contributed by atoms with Crippen molar-refractivity contribution in [3.05, 3.63) is 72.4 Å². The summed E-state index contributed by atoms with van der Waals surface area (Å²) in [5, 5.41) is 16.2. The molecule has 0 radical (unpaired) electrons. The van der Waals surface area contributed by atoms with Crippen molar-refractivity contribution in [2.45, 2.75) is 6.54 Å². The first-order chi connectivity index (χ1) is 11.3. The Hall–Kier alpha value is -2.92. The molecule has 1 aromatic heterocycles. The third-order valence-corrected chi connectivity index (χ3v) is 3.48. The molecule has 5 heteroatoms. The van der Waals surface area contributed by atoms with Crippen LogP contribution in [0, 0.1) is 0 Å². The minimum absolute atomic E-state index is 0.316. The largest absolute Gasteiger partial charge is 0.387 e. The summed E-state index contributed by atoms with van der Waals surface area (Å²) >= 11 is 0. The molecule has 2 N–H and O–H groups in total. The van der Waals surface area contributed by atoms with E-state index in [-0.39, 0.29) is 0 Å². The predicted molar refractivity (Wildman–Crippen MR) is 87.9 cm³/mol.